The molecule has 3 N–H and O–H groups in total. The number of hydrogen-bond acceptors (Lipinski definition) is 6. The Bertz CT molecular complexity index is 587. The average molecular weight is 291 g/mol. The van der Waals surface area contributed by atoms with Crippen LogP contribution in [0.5, 0.6) is 5.75 Å². The number of rotatable bonds is 6. The summed E-state index contributed by atoms with van der Waals surface area (Å²) in [4.78, 5) is 12.1. The second kappa shape index (κ2) is 6.83. The van der Waals surface area contributed by atoms with Crippen molar-refractivity contribution in [2.45, 2.75) is 26.3 Å². The van der Waals surface area contributed by atoms with Crippen molar-refractivity contribution in [2.75, 3.05) is 17.7 Å². The van der Waals surface area contributed by atoms with E-state index in [1.54, 1.807) is 25.1 Å². The minimum atomic E-state index is -0.382. The molecule has 0 amide bonds. The molecule has 112 valence electrons. The van der Waals surface area contributed by atoms with Gasteiger partial charge in [-0.05, 0) is 25.5 Å². The van der Waals surface area contributed by atoms with Crippen molar-refractivity contribution in [3.63, 3.8) is 0 Å². The zero-order valence-electron chi connectivity index (χ0n) is 12.0. The molecule has 1 aromatic carbocycles. The van der Waals surface area contributed by atoms with E-state index in [0.717, 1.165) is 6.42 Å². The van der Waals surface area contributed by atoms with Crippen LogP contribution in [-0.2, 0) is 0 Å². The summed E-state index contributed by atoms with van der Waals surface area (Å²) in [7, 11) is 0. The van der Waals surface area contributed by atoms with Gasteiger partial charge in [-0.15, -0.1) is 0 Å². The number of para-hydroxylation sites is 1. The van der Waals surface area contributed by atoms with Gasteiger partial charge >= 0.3 is 0 Å². The lowest BCUT2D eigenvalue weighted by Gasteiger charge is -2.18. The lowest BCUT2D eigenvalue weighted by atomic mass is 10.2. The molecule has 2 rings (SSSR count). The molecule has 1 unspecified atom stereocenters. The summed E-state index contributed by atoms with van der Waals surface area (Å²) in [6, 6.07) is 6.23. The number of nitrogen functional groups attached to an aromatic ring is 1. The molecule has 2 aromatic rings. The molecule has 0 saturated heterocycles. The number of hydrogen-bond donors (Lipinski definition) is 2. The standard InChI is InChI=1S/C14H18FN5O/c1-3-10(8-21-12-7-5-4-6-11(12)15)19-14-18-9(2)17-13(16)20-14/h4-7,10H,3,8H2,1-2H3,(H3,16,17,18,19,20). The Hall–Kier alpha value is -2.44. The molecule has 0 saturated carbocycles. The van der Waals surface area contributed by atoms with Crippen molar-refractivity contribution in [2.24, 2.45) is 0 Å². The van der Waals surface area contributed by atoms with Crippen LogP contribution in [0.15, 0.2) is 24.3 Å². The maximum Gasteiger partial charge on any atom is 0.228 e. The Kier molecular flexibility index (Phi) is 4.86. The number of ether oxygens (including phenoxy) is 1. The number of anilines is 2. The van der Waals surface area contributed by atoms with Gasteiger partial charge in [-0.3, -0.25) is 0 Å². The highest BCUT2D eigenvalue weighted by molar-refractivity contribution is 5.32. The number of aryl methyl sites for hydroxylation is 1. The van der Waals surface area contributed by atoms with E-state index in [1.807, 2.05) is 6.92 Å². The lowest BCUT2D eigenvalue weighted by Crippen LogP contribution is -2.28. The van der Waals surface area contributed by atoms with Gasteiger partial charge in [0.1, 0.15) is 12.4 Å². The van der Waals surface area contributed by atoms with Gasteiger partial charge in [0.2, 0.25) is 11.9 Å². The van der Waals surface area contributed by atoms with Gasteiger partial charge in [-0.1, -0.05) is 19.1 Å². The molecule has 0 aliphatic carbocycles. The number of nitrogens with two attached hydrogens (primary N) is 1. The molecule has 1 aromatic heterocycles. The van der Waals surface area contributed by atoms with Crippen molar-refractivity contribution in [1.82, 2.24) is 15.0 Å². The fourth-order valence-corrected chi connectivity index (χ4v) is 1.76. The van der Waals surface area contributed by atoms with Crippen LogP contribution in [0.1, 0.15) is 19.2 Å². The number of benzene rings is 1. The summed E-state index contributed by atoms with van der Waals surface area (Å²) in [5, 5.41) is 3.11. The molecule has 1 atom stereocenters. The van der Waals surface area contributed by atoms with E-state index < -0.39 is 0 Å². The summed E-state index contributed by atoms with van der Waals surface area (Å²) in [6.07, 6.45) is 0.763. The van der Waals surface area contributed by atoms with Gasteiger partial charge in [-0.25, -0.2) is 4.39 Å². The van der Waals surface area contributed by atoms with Crippen LogP contribution in [0.4, 0.5) is 16.3 Å². The Balaban J connectivity index is 1.98. The fraction of sp³-hybridized carbons (Fsp3) is 0.357. The average Bonchev–Trinajstić information content (AvgIpc) is 2.44. The van der Waals surface area contributed by atoms with Gasteiger partial charge in [0.05, 0.1) is 6.04 Å². The quantitative estimate of drug-likeness (QED) is 0.848. The van der Waals surface area contributed by atoms with E-state index >= 15 is 0 Å². The second-order valence-corrected chi connectivity index (χ2v) is 4.56. The maximum atomic E-state index is 13.5. The summed E-state index contributed by atoms with van der Waals surface area (Å²) in [5.74, 6) is 0.936. The molecule has 6 nitrogen and oxygen atoms in total. The van der Waals surface area contributed by atoms with E-state index in [4.69, 9.17) is 10.5 Å². The summed E-state index contributed by atoms with van der Waals surface area (Å²) in [5.41, 5.74) is 5.58. The topological polar surface area (TPSA) is 86.0 Å². The zero-order valence-corrected chi connectivity index (χ0v) is 12.0. The van der Waals surface area contributed by atoms with Gasteiger partial charge < -0.3 is 15.8 Å². The predicted molar refractivity (Wildman–Crippen MR) is 78.6 cm³/mol. The number of nitrogens with zero attached hydrogens (tertiary/aromatic N) is 3. The van der Waals surface area contributed by atoms with E-state index in [0.29, 0.717) is 18.4 Å². The summed E-state index contributed by atoms with van der Waals surface area (Å²) >= 11 is 0. The van der Waals surface area contributed by atoms with Gasteiger partial charge in [0.25, 0.3) is 0 Å². The fourth-order valence-electron chi connectivity index (χ4n) is 1.76. The minimum absolute atomic E-state index is 0.0641. The third-order valence-corrected chi connectivity index (χ3v) is 2.87. The zero-order chi connectivity index (χ0) is 15.2. The van der Waals surface area contributed by atoms with Gasteiger partial charge in [0, 0.05) is 0 Å². The first-order valence-corrected chi connectivity index (χ1v) is 6.70. The van der Waals surface area contributed by atoms with Crippen molar-refractivity contribution in [3.05, 3.63) is 35.9 Å². The molecule has 0 aliphatic heterocycles. The minimum Gasteiger partial charge on any atom is -0.488 e. The second-order valence-electron chi connectivity index (χ2n) is 4.56. The van der Waals surface area contributed by atoms with Crippen LogP contribution in [0.25, 0.3) is 0 Å². The molecular weight excluding hydrogens is 273 g/mol. The van der Waals surface area contributed by atoms with Crippen LogP contribution < -0.4 is 15.8 Å². The maximum absolute atomic E-state index is 13.5. The molecule has 7 heteroatoms. The smallest absolute Gasteiger partial charge is 0.228 e. The monoisotopic (exact) mass is 291 g/mol. The number of nitrogens with one attached hydrogen (secondary N) is 1. The van der Waals surface area contributed by atoms with E-state index in [9.17, 15) is 4.39 Å². The molecule has 0 spiro atoms. The van der Waals surface area contributed by atoms with Crippen LogP contribution >= 0.6 is 0 Å². The van der Waals surface area contributed by atoms with Crippen LogP contribution in [0, 0.1) is 12.7 Å². The first-order valence-electron chi connectivity index (χ1n) is 6.70. The normalized spacial score (nSPS) is 12.0. The highest BCUT2D eigenvalue weighted by Crippen LogP contribution is 2.16. The molecule has 1 heterocycles. The first-order chi connectivity index (χ1) is 10.1. The predicted octanol–water partition coefficient (Wildman–Crippen LogP) is 2.17. The number of halogens is 1. The van der Waals surface area contributed by atoms with E-state index in [1.165, 1.54) is 6.07 Å². The Morgan fingerprint density at radius 2 is 2.05 bits per heavy atom. The molecule has 21 heavy (non-hydrogen) atoms. The first kappa shape index (κ1) is 15.0. The van der Waals surface area contributed by atoms with Crippen LogP contribution in [0.2, 0.25) is 0 Å². The molecule has 0 fully saturated rings. The third-order valence-electron chi connectivity index (χ3n) is 2.87. The van der Waals surface area contributed by atoms with E-state index in [2.05, 4.69) is 20.3 Å². The lowest BCUT2D eigenvalue weighted by molar-refractivity contribution is 0.280. The molecule has 0 bridgehead atoms. The van der Waals surface area contributed by atoms with E-state index in [-0.39, 0.29) is 23.6 Å². The molecule has 0 aliphatic rings. The van der Waals surface area contributed by atoms with Gasteiger partial charge in [-0.2, -0.15) is 15.0 Å². The summed E-state index contributed by atoms with van der Waals surface area (Å²) in [6.45, 7) is 4.02. The molecule has 0 radical (unpaired) electrons. The van der Waals surface area contributed by atoms with Crippen molar-refractivity contribution < 1.29 is 9.13 Å². The van der Waals surface area contributed by atoms with Crippen molar-refractivity contribution in [1.29, 1.82) is 0 Å². The molecular formula is C14H18FN5O. The highest BCUT2D eigenvalue weighted by atomic mass is 19.1. The third kappa shape index (κ3) is 4.27. The largest absolute Gasteiger partial charge is 0.488 e. The van der Waals surface area contributed by atoms with Crippen LogP contribution in [-0.4, -0.2) is 27.6 Å². The Labute approximate surface area is 122 Å². The number of aromatic nitrogens is 3. The highest BCUT2D eigenvalue weighted by Gasteiger charge is 2.11. The summed E-state index contributed by atoms with van der Waals surface area (Å²) < 4.78 is 19.0. The van der Waals surface area contributed by atoms with Crippen molar-refractivity contribution in [3.8, 4) is 5.75 Å². The Morgan fingerprint density at radius 3 is 2.71 bits per heavy atom. The SMILES string of the molecule is CCC(COc1ccccc1F)Nc1nc(C)nc(N)n1. The Morgan fingerprint density at radius 1 is 1.29 bits per heavy atom. The van der Waals surface area contributed by atoms with Gasteiger partial charge in [0.15, 0.2) is 11.6 Å². The van der Waals surface area contributed by atoms with Crippen LogP contribution in [0.3, 0.4) is 0 Å². The van der Waals surface area contributed by atoms with Crippen molar-refractivity contribution >= 4 is 11.9 Å².